The fourth-order valence-corrected chi connectivity index (χ4v) is 2.98. The second-order valence-electron chi connectivity index (χ2n) is 4.79. The predicted octanol–water partition coefficient (Wildman–Crippen LogP) is 5.04. The molecular weight excluding hydrogens is 315 g/mol. The summed E-state index contributed by atoms with van der Waals surface area (Å²) in [5.41, 5.74) is 1.98. The molecule has 20 heavy (non-hydrogen) atoms. The maximum absolute atomic E-state index is 9.58. The van der Waals surface area contributed by atoms with Gasteiger partial charge in [-0.15, -0.1) is 0 Å². The van der Waals surface area contributed by atoms with Crippen LogP contribution in [0.2, 0.25) is 15.1 Å². The van der Waals surface area contributed by atoms with Gasteiger partial charge in [0.15, 0.2) is 0 Å². The molecule has 1 unspecified atom stereocenters. The van der Waals surface area contributed by atoms with Crippen LogP contribution in [-0.2, 0) is 12.8 Å². The molecule has 106 valence electrons. The highest BCUT2D eigenvalue weighted by atomic mass is 35.5. The van der Waals surface area contributed by atoms with Crippen LogP contribution in [0.3, 0.4) is 0 Å². The Bertz CT molecular complexity index is 563. The van der Waals surface area contributed by atoms with E-state index in [1.54, 1.807) is 0 Å². The maximum Gasteiger partial charge on any atom is 0.0465 e. The molecule has 0 aromatic heterocycles. The van der Waals surface area contributed by atoms with E-state index in [1.165, 1.54) is 0 Å². The summed E-state index contributed by atoms with van der Waals surface area (Å²) >= 11 is 18.3. The van der Waals surface area contributed by atoms with E-state index in [2.05, 4.69) is 0 Å². The van der Waals surface area contributed by atoms with Crippen molar-refractivity contribution >= 4 is 34.8 Å². The molecule has 1 atom stereocenters. The number of aliphatic hydroxyl groups is 1. The van der Waals surface area contributed by atoms with Crippen molar-refractivity contribution in [1.29, 1.82) is 0 Å². The van der Waals surface area contributed by atoms with Gasteiger partial charge in [-0.1, -0.05) is 53.0 Å². The van der Waals surface area contributed by atoms with Gasteiger partial charge in [-0.3, -0.25) is 0 Å². The first-order valence-electron chi connectivity index (χ1n) is 6.38. The molecule has 0 aliphatic rings. The van der Waals surface area contributed by atoms with E-state index in [-0.39, 0.29) is 12.5 Å². The van der Waals surface area contributed by atoms with E-state index >= 15 is 0 Å². The largest absolute Gasteiger partial charge is 0.396 e. The van der Waals surface area contributed by atoms with Crippen LogP contribution in [0.25, 0.3) is 0 Å². The van der Waals surface area contributed by atoms with Crippen molar-refractivity contribution in [3.05, 3.63) is 68.7 Å². The first-order valence-corrected chi connectivity index (χ1v) is 7.51. The summed E-state index contributed by atoms with van der Waals surface area (Å²) in [5.74, 6) is 0.0610. The van der Waals surface area contributed by atoms with E-state index in [4.69, 9.17) is 34.8 Å². The molecule has 2 aromatic carbocycles. The van der Waals surface area contributed by atoms with Crippen molar-refractivity contribution in [2.45, 2.75) is 12.8 Å². The van der Waals surface area contributed by atoms with Crippen LogP contribution in [0.15, 0.2) is 42.5 Å². The van der Waals surface area contributed by atoms with E-state index in [0.29, 0.717) is 21.5 Å². The number of rotatable bonds is 5. The molecule has 0 fully saturated rings. The normalized spacial score (nSPS) is 12.4. The third kappa shape index (κ3) is 4.13. The van der Waals surface area contributed by atoms with Crippen molar-refractivity contribution in [3.8, 4) is 0 Å². The standard InChI is InChI=1S/C16H15Cl3O/c17-13-4-1-3-11(8-13)7-12(10-20)9-14-15(18)5-2-6-16(14)19/h1-6,8,12,20H,7,9-10H2. The molecule has 2 rings (SSSR count). The Morgan fingerprint density at radius 3 is 2.15 bits per heavy atom. The Morgan fingerprint density at radius 1 is 0.900 bits per heavy atom. The molecule has 0 bridgehead atoms. The fourth-order valence-electron chi connectivity index (χ4n) is 2.21. The second-order valence-corrected chi connectivity index (χ2v) is 6.04. The van der Waals surface area contributed by atoms with Crippen LogP contribution in [0.1, 0.15) is 11.1 Å². The summed E-state index contributed by atoms with van der Waals surface area (Å²) in [7, 11) is 0. The molecule has 1 N–H and O–H groups in total. The van der Waals surface area contributed by atoms with E-state index < -0.39 is 0 Å². The molecule has 0 saturated carbocycles. The summed E-state index contributed by atoms with van der Waals surface area (Å²) in [6, 6.07) is 13.1. The van der Waals surface area contributed by atoms with Gasteiger partial charge in [-0.05, 0) is 54.2 Å². The molecule has 0 heterocycles. The number of hydrogen-bond donors (Lipinski definition) is 1. The lowest BCUT2D eigenvalue weighted by Crippen LogP contribution is -2.13. The molecule has 1 nitrogen and oxygen atoms in total. The van der Waals surface area contributed by atoms with Gasteiger partial charge in [0, 0.05) is 21.7 Å². The molecule has 0 saturated heterocycles. The monoisotopic (exact) mass is 328 g/mol. The highest BCUT2D eigenvalue weighted by Gasteiger charge is 2.14. The smallest absolute Gasteiger partial charge is 0.0465 e. The Kier molecular flexibility index (Phi) is 5.74. The Balaban J connectivity index is 2.13. The summed E-state index contributed by atoms with van der Waals surface area (Å²) < 4.78 is 0. The number of halogens is 3. The van der Waals surface area contributed by atoms with Crippen LogP contribution >= 0.6 is 34.8 Å². The molecule has 2 aromatic rings. The Labute approximate surface area is 134 Å². The van der Waals surface area contributed by atoms with Crippen molar-refractivity contribution in [2.75, 3.05) is 6.61 Å². The van der Waals surface area contributed by atoms with Crippen molar-refractivity contribution in [2.24, 2.45) is 5.92 Å². The highest BCUT2D eigenvalue weighted by molar-refractivity contribution is 6.36. The van der Waals surface area contributed by atoms with E-state index in [0.717, 1.165) is 17.5 Å². The number of hydrogen-bond acceptors (Lipinski definition) is 1. The minimum Gasteiger partial charge on any atom is -0.396 e. The Hall–Kier alpha value is -0.730. The highest BCUT2D eigenvalue weighted by Crippen LogP contribution is 2.28. The zero-order valence-corrected chi connectivity index (χ0v) is 13.1. The van der Waals surface area contributed by atoms with Gasteiger partial charge >= 0.3 is 0 Å². The minimum absolute atomic E-state index is 0.0610. The van der Waals surface area contributed by atoms with Crippen LogP contribution < -0.4 is 0 Å². The average molecular weight is 330 g/mol. The summed E-state index contributed by atoms with van der Waals surface area (Å²) in [5, 5.41) is 11.6. The van der Waals surface area contributed by atoms with Crippen LogP contribution in [-0.4, -0.2) is 11.7 Å². The van der Waals surface area contributed by atoms with Crippen molar-refractivity contribution in [1.82, 2.24) is 0 Å². The second kappa shape index (κ2) is 7.33. The molecule has 0 spiro atoms. The first kappa shape index (κ1) is 15.7. The van der Waals surface area contributed by atoms with Crippen molar-refractivity contribution in [3.63, 3.8) is 0 Å². The minimum atomic E-state index is 0.0610. The SMILES string of the molecule is OCC(Cc1cccc(Cl)c1)Cc1c(Cl)cccc1Cl. The quantitative estimate of drug-likeness (QED) is 0.814. The predicted molar refractivity (Wildman–Crippen MR) is 85.9 cm³/mol. The average Bonchev–Trinajstić information content (AvgIpc) is 2.42. The number of aliphatic hydroxyl groups excluding tert-OH is 1. The molecule has 4 heteroatoms. The zero-order chi connectivity index (χ0) is 14.5. The molecule has 0 aliphatic carbocycles. The molecule has 0 radical (unpaired) electrons. The lowest BCUT2D eigenvalue weighted by Gasteiger charge is -2.16. The van der Waals surface area contributed by atoms with Gasteiger partial charge < -0.3 is 5.11 Å². The molecule has 0 aliphatic heterocycles. The number of benzene rings is 2. The topological polar surface area (TPSA) is 20.2 Å². The van der Waals surface area contributed by atoms with Crippen molar-refractivity contribution < 1.29 is 5.11 Å². The Morgan fingerprint density at radius 2 is 1.55 bits per heavy atom. The maximum atomic E-state index is 9.58. The van der Waals surface area contributed by atoms with Gasteiger partial charge in [0.2, 0.25) is 0 Å². The summed E-state index contributed by atoms with van der Waals surface area (Å²) in [6.07, 6.45) is 1.38. The molecule has 0 amide bonds. The van der Waals surface area contributed by atoms with E-state index in [9.17, 15) is 5.11 Å². The van der Waals surface area contributed by atoms with Crippen LogP contribution in [0.4, 0.5) is 0 Å². The lowest BCUT2D eigenvalue weighted by molar-refractivity contribution is 0.225. The van der Waals surface area contributed by atoms with Gasteiger partial charge in [0.25, 0.3) is 0 Å². The van der Waals surface area contributed by atoms with Crippen LogP contribution in [0.5, 0.6) is 0 Å². The summed E-state index contributed by atoms with van der Waals surface area (Å²) in [6.45, 7) is 0.0774. The fraction of sp³-hybridized carbons (Fsp3) is 0.250. The first-order chi connectivity index (χ1) is 9.60. The zero-order valence-electron chi connectivity index (χ0n) is 10.8. The third-order valence-corrected chi connectivity index (χ3v) is 4.17. The van der Waals surface area contributed by atoms with Gasteiger partial charge in [0.05, 0.1) is 0 Å². The van der Waals surface area contributed by atoms with E-state index in [1.807, 2.05) is 42.5 Å². The van der Waals surface area contributed by atoms with Gasteiger partial charge in [-0.2, -0.15) is 0 Å². The van der Waals surface area contributed by atoms with Gasteiger partial charge in [-0.25, -0.2) is 0 Å². The van der Waals surface area contributed by atoms with Gasteiger partial charge in [0.1, 0.15) is 0 Å². The van der Waals surface area contributed by atoms with Crippen LogP contribution in [0, 0.1) is 5.92 Å². The third-order valence-electron chi connectivity index (χ3n) is 3.23. The lowest BCUT2D eigenvalue weighted by atomic mass is 9.93. The molecular formula is C16H15Cl3O. The summed E-state index contributed by atoms with van der Waals surface area (Å²) in [4.78, 5) is 0.